The highest BCUT2D eigenvalue weighted by molar-refractivity contribution is 7.47. The molecule has 86 valence electrons. The Morgan fingerprint density at radius 1 is 1.31 bits per heavy atom. The van der Waals surface area contributed by atoms with Crippen molar-refractivity contribution in [1.29, 1.82) is 0 Å². The Morgan fingerprint density at radius 3 is 2.50 bits per heavy atom. The van der Waals surface area contributed by atoms with Gasteiger partial charge in [0, 0.05) is 5.69 Å². The Bertz CT molecular complexity index is 353. The van der Waals surface area contributed by atoms with Crippen LogP contribution in [0.5, 0.6) is 0 Å². The fourth-order valence-corrected chi connectivity index (χ4v) is 2.68. The molecule has 1 amide bonds. The number of hydrogen-bond acceptors (Lipinski definition) is 3. The van der Waals surface area contributed by atoms with E-state index in [1.54, 1.807) is 24.3 Å². The quantitative estimate of drug-likeness (QED) is 0.826. The van der Waals surface area contributed by atoms with Crippen LogP contribution < -0.4 is 4.90 Å². The van der Waals surface area contributed by atoms with Crippen LogP contribution in [0.2, 0.25) is 0 Å². The van der Waals surface area contributed by atoms with E-state index in [0.717, 1.165) is 0 Å². The summed E-state index contributed by atoms with van der Waals surface area (Å²) in [5.41, 5.74) is 0.636. The smallest absolute Gasteiger partial charge is 0.412 e. The Morgan fingerprint density at radius 2 is 1.94 bits per heavy atom. The van der Waals surface area contributed by atoms with E-state index in [9.17, 15) is 4.79 Å². The molecule has 0 atom stereocenters. The third kappa shape index (κ3) is 2.70. The lowest BCUT2D eigenvalue weighted by Gasteiger charge is -2.21. The average molecular weight is 241 g/mol. The average Bonchev–Trinajstić information content (AvgIpc) is 2.79. The SMILES string of the molecule is O=C(O)N(CP1OCCO1)c1ccccc1. The zero-order valence-corrected chi connectivity index (χ0v) is 9.47. The normalized spacial score (nSPS) is 16.2. The van der Waals surface area contributed by atoms with Crippen LogP contribution in [-0.4, -0.2) is 30.7 Å². The van der Waals surface area contributed by atoms with Crippen molar-refractivity contribution >= 4 is 20.2 Å². The highest BCUT2D eigenvalue weighted by Gasteiger charge is 2.24. The maximum atomic E-state index is 11.1. The summed E-state index contributed by atoms with van der Waals surface area (Å²) in [6, 6.07) is 8.94. The highest BCUT2D eigenvalue weighted by atomic mass is 31.2. The molecule has 16 heavy (non-hydrogen) atoms. The van der Waals surface area contributed by atoms with E-state index in [-0.39, 0.29) is 6.29 Å². The van der Waals surface area contributed by atoms with Crippen molar-refractivity contribution in [3.05, 3.63) is 30.3 Å². The van der Waals surface area contributed by atoms with Gasteiger partial charge in [0.2, 0.25) is 0 Å². The number of para-hydroxylation sites is 1. The monoisotopic (exact) mass is 241 g/mol. The van der Waals surface area contributed by atoms with Gasteiger partial charge in [-0.25, -0.2) is 4.79 Å². The van der Waals surface area contributed by atoms with Gasteiger partial charge in [0.25, 0.3) is 0 Å². The van der Waals surface area contributed by atoms with Crippen LogP contribution in [-0.2, 0) is 9.05 Å². The molecule has 1 aliphatic heterocycles. The Labute approximate surface area is 94.5 Å². The summed E-state index contributed by atoms with van der Waals surface area (Å²) in [6.45, 7) is 1.10. The maximum Gasteiger partial charge on any atom is 0.412 e. The number of carbonyl (C=O) groups is 1. The number of amides is 1. The molecule has 2 rings (SSSR count). The van der Waals surface area contributed by atoms with Gasteiger partial charge in [0.1, 0.15) is 0 Å². The number of nitrogens with zero attached hydrogens (tertiary/aromatic N) is 1. The van der Waals surface area contributed by atoms with Gasteiger partial charge >= 0.3 is 6.09 Å². The molecule has 0 bridgehead atoms. The highest BCUT2D eigenvalue weighted by Crippen LogP contribution is 2.43. The molecule has 1 fully saturated rings. The van der Waals surface area contributed by atoms with E-state index in [1.165, 1.54) is 4.90 Å². The van der Waals surface area contributed by atoms with Gasteiger partial charge in [-0.15, -0.1) is 0 Å². The number of carboxylic acid groups (broad SMARTS) is 1. The first-order chi connectivity index (χ1) is 7.77. The molecule has 1 saturated heterocycles. The van der Waals surface area contributed by atoms with Crippen molar-refractivity contribution in [1.82, 2.24) is 0 Å². The second kappa shape index (κ2) is 5.25. The van der Waals surface area contributed by atoms with Crippen LogP contribution in [0, 0.1) is 0 Å². The molecule has 6 heteroatoms. The molecular weight excluding hydrogens is 229 g/mol. The predicted molar refractivity (Wildman–Crippen MR) is 60.6 cm³/mol. The summed E-state index contributed by atoms with van der Waals surface area (Å²) in [4.78, 5) is 12.4. The largest absolute Gasteiger partial charge is 0.465 e. The van der Waals surface area contributed by atoms with E-state index in [2.05, 4.69) is 0 Å². The van der Waals surface area contributed by atoms with Crippen molar-refractivity contribution in [3.63, 3.8) is 0 Å². The summed E-state index contributed by atoms with van der Waals surface area (Å²) in [7, 11) is -1.10. The van der Waals surface area contributed by atoms with Gasteiger partial charge in [-0.2, -0.15) is 0 Å². The zero-order chi connectivity index (χ0) is 11.4. The summed E-state index contributed by atoms with van der Waals surface area (Å²) >= 11 is 0. The van der Waals surface area contributed by atoms with Gasteiger partial charge < -0.3 is 14.2 Å². The molecule has 0 aliphatic carbocycles. The molecule has 1 aromatic rings. The summed E-state index contributed by atoms with van der Waals surface area (Å²) in [5.74, 6) is 0. The third-order valence-electron chi connectivity index (χ3n) is 2.11. The summed E-state index contributed by atoms with van der Waals surface area (Å²) in [6.07, 6.45) is -0.734. The lowest BCUT2D eigenvalue weighted by molar-refractivity contribution is 0.202. The van der Waals surface area contributed by atoms with E-state index in [4.69, 9.17) is 14.2 Å². The van der Waals surface area contributed by atoms with Crippen LogP contribution in [0.15, 0.2) is 30.3 Å². The first-order valence-corrected chi connectivity index (χ1v) is 6.22. The van der Waals surface area contributed by atoms with E-state index >= 15 is 0 Å². The molecule has 1 aromatic carbocycles. The number of rotatable bonds is 3. The first kappa shape index (κ1) is 11.3. The van der Waals surface area contributed by atoms with Gasteiger partial charge in [-0.1, -0.05) is 18.2 Å². The van der Waals surface area contributed by atoms with E-state index in [0.29, 0.717) is 18.9 Å². The second-order valence-corrected chi connectivity index (χ2v) is 4.65. The standard InChI is InChI=1S/C10H12NO4P/c12-10(13)11(8-16-14-6-7-15-16)9-4-2-1-3-5-9/h1-5H,6-8H2,(H,12,13). The molecule has 0 spiro atoms. The molecule has 0 radical (unpaired) electrons. The predicted octanol–water partition coefficient (Wildman–Crippen LogP) is 2.49. The van der Waals surface area contributed by atoms with Crippen LogP contribution in [0.4, 0.5) is 10.5 Å². The molecule has 1 heterocycles. The lowest BCUT2D eigenvalue weighted by Crippen LogP contribution is -2.29. The number of hydrogen-bond donors (Lipinski definition) is 1. The van der Waals surface area contributed by atoms with Crippen LogP contribution >= 0.6 is 8.38 Å². The molecular formula is C10H12NO4P. The molecule has 1 aliphatic rings. The lowest BCUT2D eigenvalue weighted by atomic mass is 10.3. The Hall–Kier alpha value is -1.16. The Balaban J connectivity index is 2.08. The number of benzene rings is 1. The molecule has 0 unspecified atom stereocenters. The summed E-state index contributed by atoms with van der Waals surface area (Å²) in [5, 5.41) is 9.11. The zero-order valence-electron chi connectivity index (χ0n) is 8.57. The minimum atomic E-state index is -1.10. The van der Waals surface area contributed by atoms with Gasteiger partial charge in [-0.3, -0.25) is 4.90 Å². The van der Waals surface area contributed by atoms with Gasteiger partial charge in [-0.05, 0) is 12.1 Å². The van der Waals surface area contributed by atoms with Crippen molar-refractivity contribution in [3.8, 4) is 0 Å². The van der Waals surface area contributed by atoms with Crippen molar-refractivity contribution in [2.45, 2.75) is 0 Å². The van der Waals surface area contributed by atoms with Gasteiger partial charge in [0.15, 0.2) is 8.38 Å². The maximum absolute atomic E-state index is 11.1. The fraction of sp³-hybridized carbons (Fsp3) is 0.300. The molecule has 5 nitrogen and oxygen atoms in total. The van der Waals surface area contributed by atoms with Crippen molar-refractivity contribution < 1.29 is 18.9 Å². The number of anilines is 1. The van der Waals surface area contributed by atoms with Crippen LogP contribution in [0.25, 0.3) is 0 Å². The minimum absolute atomic E-state index is 0.259. The molecule has 1 N–H and O–H groups in total. The molecule has 0 aromatic heterocycles. The van der Waals surface area contributed by atoms with E-state index < -0.39 is 14.5 Å². The minimum Gasteiger partial charge on any atom is -0.465 e. The van der Waals surface area contributed by atoms with Crippen LogP contribution in [0.1, 0.15) is 0 Å². The summed E-state index contributed by atoms with van der Waals surface area (Å²) < 4.78 is 10.6. The third-order valence-corrected chi connectivity index (χ3v) is 3.56. The topological polar surface area (TPSA) is 59.0 Å². The Kier molecular flexibility index (Phi) is 3.72. The van der Waals surface area contributed by atoms with Gasteiger partial charge in [0.05, 0.1) is 19.5 Å². The second-order valence-electron chi connectivity index (χ2n) is 3.19. The van der Waals surface area contributed by atoms with Crippen molar-refractivity contribution in [2.24, 2.45) is 0 Å². The van der Waals surface area contributed by atoms with Crippen LogP contribution in [0.3, 0.4) is 0 Å². The molecule has 0 saturated carbocycles. The first-order valence-electron chi connectivity index (χ1n) is 4.86. The van der Waals surface area contributed by atoms with E-state index in [1.807, 2.05) is 6.07 Å². The fourth-order valence-electron chi connectivity index (χ4n) is 1.37. The van der Waals surface area contributed by atoms with Crippen molar-refractivity contribution in [2.75, 3.05) is 24.4 Å².